The van der Waals surface area contributed by atoms with Crippen LogP contribution in [0, 0.1) is 6.92 Å². The third-order valence-corrected chi connectivity index (χ3v) is 7.27. The van der Waals surface area contributed by atoms with Gasteiger partial charge >= 0.3 is 0 Å². The van der Waals surface area contributed by atoms with Crippen LogP contribution in [0.1, 0.15) is 17.5 Å². The Hall–Kier alpha value is -2.41. The highest BCUT2D eigenvalue weighted by molar-refractivity contribution is 7.89. The van der Waals surface area contributed by atoms with Gasteiger partial charge in [0, 0.05) is 30.7 Å². The van der Waals surface area contributed by atoms with E-state index in [1.54, 1.807) is 13.1 Å². The average molecular weight is 450 g/mol. The minimum Gasteiger partial charge on any atom is -0.378 e. The highest BCUT2D eigenvalue weighted by Crippen LogP contribution is 2.34. The fraction of sp³-hybridized carbons (Fsp3) is 0.444. The number of rotatable bonds is 6. The van der Waals surface area contributed by atoms with Gasteiger partial charge < -0.3 is 15.4 Å². The zero-order valence-electron chi connectivity index (χ0n) is 16.8. The van der Waals surface area contributed by atoms with Crippen molar-refractivity contribution in [3.05, 3.63) is 22.8 Å². The lowest BCUT2D eigenvalue weighted by Gasteiger charge is -2.28. The van der Waals surface area contributed by atoms with Gasteiger partial charge in [0.1, 0.15) is 0 Å². The molecule has 0 spiro atoms. The van der Waals surface area contributed by atoms with Gasteiger partial charge in [-0.3, -0.25) is 0 Å². The molecule has 4 rings (SSSR count). The molecule has 0 bridgehead atoms. The lowest BCUT2D eigenvalue weighted by molar-refractivity contribution is 0.122. The van der Waals surface area contributed by atoms with Crippen molar-refractivity contribution >= 4 is 43.3 Å². The predicted molar refractivity (Wildman–Crippen MR) is 117 cm³/mol. The number of ether oxygens (including phenoxy) is 1. The highest BCUT2D eigenvalue weighted by Gasteiger charge is 2.21. The van der Waals surface area contributed by atoms with Crippen molar-refractivity contribution in [2.45, 2.75) is 20.4 Å². The first-order valence-corrected chi connectivity index (χ1v) is 12.0. The molecule has 0 saturated carbocycles. The molecule has 1 aliphatic rings. The number of nitrogens with two attached hydrogens (primary N) is 1. The van der Waals surface area contributed by atoms with Crippen LogP contribution in [0.5, 0.6) is 0 Å². The zero-order chi connectivity index (χ0) is 21.3. The monoisotopic (exact) mass is 449 g/mol. The van der Waals surface area contributed by atoms with E-state index in [1.807, 2.05) is 13.0 Å². The molecule has 12 heteroatoms. The number of hydrogen-bond donors (Lipinski definition) is 2. The van der Waals surface area contributed by atoms with Gasteiger partial charge in [0.2, 0.25) is 16.0 Å². The number of nitrogens with zero attached hydrogens (tertiary/aromatic N) is 5. The summed E-state index contributed by atoms with van der Waals surface area (Å²) in [5, 5.41) is 0. The second-order valence-corrected chi connectivity index (χ2v) is 10.1. The minimum absolute atomic E-state index is 0.0390. The van der Waals surface area contributed by atoms with Gasteiger partial charge in [-0.1, -0.05) is 0 Å². The minimum atomic E-state index is -3.28. The Bertz CT molecular complexity index is 1170. The molecule has 0 atom stereocenters. The van der Waals surface area contributed by atoms with Crippen LogP contribution < -0.4 is 15.4 Å². The van der Waals surface area contributed by atoms with E-state index >= 15 is 0 Å². The third kappa shape index (κ3) is 4.36. The molecule has 160 valence electrons. The Labute approximate surface area is 178 Å². The summed E-state index contributed by atoms with van der Waals surface area (Å²) in [6.07, 6.45) is 1.63. The number of morpholine rings is 1. The van der Waals surface area contributed by atoms with Gasteiger partial charge in [0.15, 0.2) is 11.6 Å². The smallest absolute Gasteiger partial charge is 0.220 e. The molecule has 0 radical (unpaired) electrons. The second-order valence-electron chi connectivity index (χ2n) is 6.85. The summed E-state index contributed by atoms with van der Waals surface area (Å²) in [4.78, 5) is 20.9. The standard InChI is InChI=1S/C18H23N7O3S2/c1-3-30(26,27)21-9-12-8-14-15(29-12)17(25-4-6-28-7-5-25)24-16(23-14)13-10-20-18(19)22-11(13)2/h8,10,21H,3-7,9H2,1-2H3,(H2,19,20,22). The van der Waals surface area contributed by atoms with E-state index < -0.39 is 10.0 Å². The first kappa shape index (κ1) is 20.8. The molecular weight excluding hydrogens is 426 g/mol. The van der Waals surface area contributed by atoms with Crippen LogP contribution in [0.4, 0.5) is 11.8 Å². The fourth-order valence-electron chi connectivity index (χ4n) is 3.15. The maximum atomic E-state index is 11.8. The molecular formula is C18H23N7O3S2. The molecule has 3 N–H and O–H groups in total. The Morgan fingerprint density at radius 2 is 2.03 bits per heavy atom. The molecule has 1 saturated heterocycles. The van der Waals surface area contributed by atoms with Crippen LogP contribution in [0.2, 0.25) is 0 Å². The summed E-state index contributed by atoms with van der Waals surface area (Å²) >= 11 is 1.49. The summed E-state index contributed by atoms with van der Waals surface area (Å²) in [5.41, 5.74) is 7.85. The summed E-state index contributed by atoms with van der Waals surface area (Å²) in [7, 11) is -3.28. The molecule has 30 heavy (non-hydrogen) atoms. The van der Waals surface area contributed by atoms with E-state index in [0.29, 0.717) is 30.3 Å². The van der Waals surface area contributed by atoms with E-state index in [-0.39, 0.29) is 18.2 Å². The number of aromatic nitrogens is 4. The van der Waals surface area contributed by atoms with Crippen LogP contribution >= 0.6 is 11.3 Å². The zero-order valence-corrected chi connectivity index (χ0v) is 18.4. The molecule has 1 aliphatic heterocycles. The maximum Gasteiger partial charge on any atom is 0.220 e. The summed E-state index contributed by atoms with van der Waals surface area (Å²) in [6.45, 7) is 6.36. The number of nitrogens with one attached hydrogen (secondary N) is 1. The maximum absolute atomic E-state index is 11.8. The van der Waals surface area contributed by atoms with Crippen molar-refractivity contribution in [2.24, 2.45) is 0 Å². The van der Waals surface area contributed by atoms with Gasteiger partial charge in [0.25, 0.3) is 0 Å². The van der Waals surface area contributed by atoms with Crippen molar-refractivity contribution in [1.82, 2.24) is 24.7 Å². The molecule has 0 aromatic carbocycles. The largest absolute Gasteiger partial charge is 0.378 e. The quantitative estimate of drug-likeness (QED) is 0.571. The van der Waals surface area contributed by atoms with Crippen molar-refractivity contribution in [1.29, 1.82) is 0 Å². The first-order valence-electron chi connectivity index (χ1n) is 9.56. The van der Waals surface area contributed by atoms with E-state index in [2.05, 4.69) is 19.6 Å². The van der Waals surface area contributed by atoms with E-state index in [9.17, 15) is 8.42 Å². The van der Waals surface area contributed by atoms with Crippen molar-refractivity contribution in [3.63, 3.8) is 0 Å². The number of nitrogen functional groups attached to an aromatic ring is 1. The Balaban J connectivity index is 1.80. The van der Waals surface area contributed by atoms with Crippen molar-refractivity contribution in [3.8, 4) is 11.4 Å². The third-order valence-electron chi connectivity index (χ3n) is 4.80. The Morgan fingerprint density at radius 1 is 1.27 bits per heavy atom. The highest BCUT2D eigenvalue weighted by atomic mass is 32.2. The number of hydrogen-bond acceptors (Lipinski definition) is 10. The number of aryl methyl sites for hydroxylation is 1. The summed E-state index contributed by atoms with van der Waals surface area (Å²) in [5.74, 6) is 1.56. The van der Waals surface area contributed by atoms with Crippen molar-refractivity contribution < 1.29 is 13.2 Å². The normalized spacial score (nSPS) is 15.1. The summed E-state index contributed by atoms with van der Waals surface area (Å²) < 4.78 is 32.7. The predicted octanol–water partition coefficient (Wildman–Crippen LogP) is 1.31. The van der Waals surface area contributed by atoms with Crippen LogP contribution in [-0.2, 0) is 21.3 Å². The van der Waals surface area contributed by atoms with Crippen molar-refractivity contribution in [2.75, 3.05) is 42.7 Å². The average Bonchev–Trinajstić information content (AvgIpc) is 3.15. The van der Waals surface area contributed by atoms with Gasteiger partial charge in [-0.05, 0) is 19.9 Å². The lowest BCUT2D eigenvalue weighted by Crippen LogP contribution is -2.36. The van der Waals surface area contributed by atoms with Crippen LogP contribution in [0.25, 0.3) is 21.6 Å². The first-order chi connectivity index (χ1) is 14.4. The lowest BCUT2D eigenvalue weighted by atomic mass is 10.2. The number of anilines is 2. The van der Waals surface area contributed by atoms with Gasteiger partial charge in [-0.25, -0.2) is 33.1 Å². The Morgan fingerprint density at radius 3 is 2.73 bits per heavy atom. The molecule has 3 aromatic rings. The van der Waals surface area contributed by atoms with E-state index in [1.165, 1.54) is 11.3 Å². The molecule has 1 fully saturated rings. The van der Waals surface area contributed by atoms with E-state index in [4.69, 9.17) is 20.4 Å². The molecule has 3 aromatic heterocycles. The number of thiophene rings is 1. The number of sulfonamides is 1. The molecule has 0 aliphatic carbocycles. The molecule has 0 amide bonds. The van der Waals surface area contributed by atoms with Crippen LogP contribution in [-0.4, -0.2) is 60.4 Å². The SMILES string of the molecule is CCS(=O)(=O)NCc1cc2nc(-c3cnc(N)nc3C)nc(N3CCOCC3)c2s1. The Kier molecular flexibility index (Phi) is 5.82. The second kappa shape index (κ2) is 8.38. The van der Waals surface area contributed by atoms with Gasteiger partial charge in [-0.15, -0.1) is 11.3 Å². The van der Waals surface area contributed by atoms with E-state index in [0.717, 1.165) is 34.0 Å². The molecule has 10 nitrogen and oxygen atoms in total. The summed E-state index contributed by atoms with van der Waals surface area (Å²) in [6, 6.07) is 1.90. The van der Waals surface area contributed by atoms with Crippen LogP contribution in [0.15, 0.2) is 12.3 Å². The van der Waals surface area contributed by atoms with Gasteiger partial charge in [-0.2, -0.15) is 0 Å². The fourth-order valence-corrected chi connectivity index (χ4v) is 4.87. The van der Waals surface area contributed by atoms with Crippen LogP contribution in [0.3, 0.4) is 0 Å². The van der Waals surface area contributed by atoms with Gasteiger partial charge in [0.05, 0.1) is 40.4 Å². The topological polar surface area (TPSA) is 136 Å². The number of fused-ring (bicyclic) bond motifs is 1. The molecule has 4 heterocycles. The molecule has 0 unspecified atom stereocenters.